The minimum Gasteiger partial charge on any atom is -0.387 e. The van der Waals surface area contributed by atoms with Crippen LogP contribution in [0.25, 0.3) is 0 Å². The second-order valence-corrected chi connectivity index (χ2v) is 6.67. The molecule has 1 N–H and O–H groups in total. The van der Waals surface area contributed by atoms with Crippen LogP contribution in [0.1, 0.15) is 42.2 Å². The van der Waals surface area contributed by atoms with Gasteiger partial charge in [-0.2, -0.15) is 5.10 Å². The highest BCUT2D eigenvalue weighted by Crippen LogP contribution is 2.26. The maximum Gasteiger partial charge on any atom is 0.257 e. The van der Waals surface area contributed by atoms with Gasteiger partial charge in [0.15, 0.2) is 0 Å². The number of carbonyl (C=O) groups excluding carboxylic acids is 1. The summed E-state index contributed by atoms with van der Waals surface area (Å²) in [5.74, 6) is -0.00505. The van der Waals surface area contributed by atoms with Crippen LogP contribution < -0.4 is 0 Å². The molecule has 122 valence electrons. The summed E-state index contributed by atoms with van der Waals surface area (Å²) >= 11 is 0. The van der Waals surface area contributed by atoms with Crippen LogP contribution in [0.2, 0.25) is 0 Å². The third-order valence-electron chi connectivity index (χ3n) is 4.84. The lowest BCUT2D eigenvalue weighted by Crippen LogP contribution is -2.45. The van der Waals surface area contributed by atoms with Gasteiger partial charge in [0, 0.05) is 25.8 Å². The van der Waals surface area contributed by atoms with Crippen molar-refractivity contribution < 1.29 is 9.90 Å². The molecule has 2 aliphatic heterocycles. The monoisotopic (exact) mass is 306 g/mol. The van der Waals surface area contributed by atoms with Crippen LogP contribution in [-0.4, -0.2) is 68.9 Å². The molecule has 0 aliphatic carbocycles. The molecular weight excluding hydrogens is 280 g/mol. The van der Waals surface area contributed by atoms with E-state index in [4.69, 9.17) is 0 Å². The molecule has 1 aromatic heterocycles. The Balaban J connectivity index is 1.65. The molecule has 0 radical (unpaired) electrons. The summed E-state index contributed by atoms with van der Waals surface area (Å²) in [6, 6.07) is 0. The fourth-order valence-electron chi connectivity index (χ4n) is 3.58. The van der Waals surface area contributed by atoms with Crippen molar-refractivity contribution in [2.24, 2.45) is 0 Å². The number of rotatable bonds is 4. The van der Waals surface area contributed by atoms with Crippen molar-refractivity contribution in [2.75, 3.05) is 32.7 Å². The van der Waals surface area contributed by atoms with E-state index in [9.17, 15) is 9.90 Å². The Labute approximate surface area is 131 Å². The van der Waals surface area contributed by atoms with Gasteiger partial charge in [-0.3, -0.25) is 9.48 Å². The quantitative estimate of drug-likeness (QED) is 0.897. The Bertz CT molecular complexity index is 550. The number of aromatic nitrogens is 2. The van der Waals surface area contributed by atoms with Gasteiger partial charge in [0.25, 0.3) is 5.91 Å². The molecule has 1 atom stereocenters. The molecule has 0 saturated carbocycles. The molecule has 6 nitrogen and oxygen atoms in total. The molecule has 0 spiro atoms. The fourth-order valence-corrected chi connectivity index (χ4v) is 3.58. The van der Waals surface area contributed by atoms with E-state index in [1.807, 2.05) is 20.0 Å². The van der Waals surface area contributed by atoms with E-state index < -0.39 is 5.60 Å². The van der Waals surface area contributed by atoms with Gasteiger partial charge in [0.2, 0.25) is 0 Å². The number of hydrogen-bond donors (Lipinski definition) is 1. The molecule has 2 aliphatic rings. The first-order valence-electron chi connectivity index (χ1n) is 8.29. The zero-order chi connectivity index (χ0) is 15.7. The number of carbonyl (C=O) groups is 1. The number of hydrogen-bond acceptors (Lipinski definition) is 4. The molecule has 2 saturated heterocycles. The summed E-state index contributed by atoms with van der Waals surface area (Å²) in [6.45, 7) is 8.50. The van der Waals surface area contributed by atoms with Crippen molar-refractivity contribution in [3.05, 3.63) is 17.5 Å². The van der Waals surface area contributed by atoms with E-state index in [1.54, 1.807) is 9.58 Å². The van der Waals surface area contributed by atoms with Gasteiger partial charge in [-0.05, 0) is 46.2 Å². The van der Waals surface area contributed by atoms with E-state index in [1.165, 1.54) is 12.8 Å². The summed E-state index contributed by atoms with van der Waals surface area (Å²) in [7, 11) is 0. The van der Waals surface area contributed by atoms with Crippen LogP contribution in [-0.2, 0) is 6.54 Å². The first-order valence-corrected chi connectivity index (χ1v) is 8.29. The zero-order valence-electron chi connectivity index (χ0n) is 13.6. The second-order valence-electron chi connectivity index (χ2n) is 6.67. The summed E-state index contributed by atoms with van der Waals surface area (Å²) in [5.41, 5.74) is 0.670. The maximum absolute atomic E-state index is 12.7. The largest absolute Gasteiger partial charge is 0.387 e. The topological polar surface area (TPSA) is 61.6 Å². The highest BCUT2D eigenvalue weighted by molar-refractivity contribution is 5.95. The molecule has 6 heteroatoms. The normalized spacial score (nSPS) is 26.0. The van der Waals surface area contributed by atoms with Crippen molar-refractivity contribution in [3.8, 4) is 0 Å². The van der Waals surface area contributed by atoms with Gasteiger partial charge < -0.3 is 14.9 Å². The second kappa shape index (κ2) is 6.01. The van der Waals surface area contributed by atoms with Gasteiger partial charge in [-0.25, -0.2) is 0 Å². The highest BCUT2D eigenvalue weighted by Gasteiger charge is 2.40. The van der Waals surface area contributed by atoms with Crippen LogP contribution in [0.4, 0.5) is 0 Å². The highest BCUT2D eigenvalue weighted by atomic mass is 16.3. The van der Waals surface area contributed by atoms with Gasteiger partial charge in [-0.15, -0.1) is 0 Å². The van der Waals surface area contributed by atoms with Crippen LogP contribution >= 0.6 is 0 Å². The molecule has 0 aromatic carbocycles. The summed E-state index contributed by atoms with van der Waals surface area (Å²) in [6.07, 6.45) is 4.91. The zero-order valence-corrected chi connectivity index (χ0v) is 13.6. The summed E-state index contributed by atoms with van der Waals surface area (Å²) in [5, 5.41) is 15.1. The molecule has 1 amide bonds. The lowest BCUT2D eigenvalue weighted by atomic mass is 10.0. The average molecular weight is 306 g/mol. The van der Waals surface area contributed by atoms with E-state index in [0.29, 0.717) is 31.6 Å². The minimum atomic E-state index is -0.755. The van der Waals surface area contributed by atoms with Gasteiger partial charge in [-0.1, -0.05) is 0 Å². The number of nitrogens with zero attached hydrogens (tertiary/aromatic N) is 4. The molecule has 1 aromatic rings. The van der Waals surface area contributed by atoms with Crippen LogP contribution in [0.3, 0.4) is 0 Å². The van der Waals surface area contributed by atoms with Crippen molar-refractivity contribution >= 4 is 5.91 Å². The molecular formula is C16H26N4O2. The Morgan fingerprint density at radius 2 is 2.09 bits per heavy atom. The van der Waals surface area contributed by atoms with Gasteiger partial charge in [0.05, 0.1) is 23.4 Å². The van der Waals surface area contributed by atoms with Crippen molar-refractivity contribution in [3.63, 3.8) is 0 Å². The molecule has 1 unspecified atom stereocenters. The Kier molecular flexibility index (Phi) is 4.23. The first kappa shape index (κ1) is 15.5. The Morgan fingerprint density at radius 3 is 2.73 bits per heavy atom. The maximum atomic E-state index is 12.7. The average Bonchev–Trinajstić information content (AvgIpc) is 3.19. The van der Waals surface area contributed by atoms with E-state index in [0.717, 1.165) is 25.3 Å². The number of likely N-dealkylation sites (tertiary alicyclic amines) is 2. The van der Waals surface area contributed by atoms with Crippen molar-refractivity contribution in [2.45, 2.75) is 45.3 Å². The lowest BCUT2D eigenvalue weighted by Gasteiger charge is -2.28. The molecule has 3 heterocycles. The number of amides is 1. The molecule has 2 fully saturated rings. The predicted molar refractivity (Wildman–Crippen MR) is 83.8 cm³/mol. The molecule has 22 heavy (non-hydrogen) atoms. The van der Waals surface area contributed by atoms with Crippen LogP contribution in [0.5, 0.6) is 0 Å². The summed E-state index contributed by atoms with van der Waals surface area (Å²) in [4.78, 5) is 16.8. The minimum absolute atomic E-state index is 0.00505. The predicted octanol–water partition coefficient (Wildman–Crippen LogP) is 0.884. The fraction of sp³-hybridized carbons (Fsp3) is 0.750. The molecule has 3 rings (SSSR count). The van der Waals surface area contributed by atoms with Crippen molar-refractivity contribution in [1.82, 2.24) is 19.6 Å². The lowest BCUT2D eigenvalue weighted by molar-refractivity contribution is 0.0175. The SMILES string of the molecule is CCn1cc(C(=O)N2CCC(O)(CN3CCCC3)C2)c(C)n1. The van der Waals surface area contributed by atoms with Crippen molar-refractivity contribution in [1.29, 1.82) is 0 Å². The first-order chi connectivity index (χ1) is 10.5. The third-order valence-corrected chi connectivity index (χ3v) is 4.84. The number of aryl methyl sites for hydroxylation is 2. The Morgan fingerprint density at radius 1 is 1.36 bits per heavy atom. The van der Waals surface area contributed by atoms with E-state index in [-0.39, 0.29) is 5.91 Å². The van der Waals surface area contributed by atoms with E-state index >= 15 is 0 Å². The number of β-amino-alcohol motifs (C(OH)–C–C–N with tert-alkyl or cyclic N) is 1. The van der Waals surface area contributed by atoms with Gasteiger partial charge >= 0.3 is 0 Å². The number of aliphatic hydroxyl groups is 1. The standard InChI is InChI=1S/C16H26N4O2/c1-3-20-10-14(13(2)17-20)15(21)19-9-6-16(22,12-19)11-18-7-4-5-8-18/h10,22H,3-9,11-12H2,1-2H3. The summed E-state index contributed by atoms with van der Waals surface area (Å²) < 4.78 is 1.79. The van der Waals surface area contributed by atoms with Crippen LogP contribution in [0.15, 0.2) is 6.20 Å². The van der Waals surface area contributed by atoms with E-state index in [2.05, 4.69) is 10.00 Å². The third kappa shape index (κ3) is 3.03. The Hall–Kier alpha value is -1.40. The smallest absolute Gasteiger partial charge is 0.257 e. The van der Waals surface area contributed by atoms with Crippen LogP contribution in [0, 0.1) is 6.92 Å². The molecule has 0 bridgehead atoms. The van der Waals surface area contributed by atoms with Gasteiger partial charge in [0.1, 0.15) is 0 Å².